The molecule has 0 bridgehead atoms. The van der Waals surface area contributed by atoms with Gasteiger partial charge in [0, 0.05) is 18.3 Å². The molecule has 4 rings (SSSR count). The topological polar surface area (TPSA) is 26.3 Å². The van der Waals surface area contributed by atoms with Crippen molar-refractivity contribution in [3.05, 3.63) is 36.6 Å². The van der Waals surface area contributed by atoms with Gasteiger partial charge >= 0.3 is 0 Å². The number of hydrogen-bond acceptors (Lipinski definition) is 2. The molecule has 3 aliphatic carbocycles. The summed E-state index contributed by atoms with van der Waals surface area (Å²) in [6.07, 6.45) is 6.74. The Hall–Kier alpha value is -1.31. The Labute approximate surface area is 147 Å². The van der Waals surface area contributed by atoms with E-state index in [-0.39, 0.29) is 0 Å². The molecule has 24 heavy (non-hydrogen) atoms. The van der Waals surface area contributed by atoms with Crippen molar-refractivity contribution >= 4 is 5.78 Å². The minimum atomic E-state index is 0.339. The van der Waals surface area contributed by atoms with Gasteiger partial charge in [-0.05, 0) is 61.3 Å². The van der Waals surface area contributed by atoms with Crippen LogP contribution < -0.4 is 0 Å². The van der Waals surface area contributed by atoms with Crippen molar-refractivity contribution < 1.29 is 9.53 Å². The molecule has 4 aliphatic rings. The molecule has 1 aliphatic heterocycles. The van der Waals surface area contributed by atoms with Gasteiger partial charge in [0.05, 0.1) is 6.61 Å². The zero-order valence-electron chi connectivity index (χ0n) is 15.4. The number of ether oxygens (including phenoxy) is 1. The van der Waals surface area contributed by atoms with Crippen LogP contribution in [-0.2, 0) is 9.53 Å². The van der Waals surface area contributed by atoms with Gasteiger partial charge < -0.3 is 4.74 Å². The molecule has 6 atom stereocenters. The molecule has 3 saturated carbocycles. The molecular formula is C22H32O2. The van der Waals surface area contributed by atoms with E-state index in [9.17, 15) is 4.79 Å². The van der Waals surface area contributed by atoms with Gasteiger partial charge in [-0.1, -0.05) is 39.2 Å². The van der Waals surface area contributed by atoms with E-state index in [2.05, 4.69) is 33.6 Å². The first-order chi connectivity index (χ1) is 11.4. The van der Waals surface area contributed by atoms with E-state index >= 15 is 0 Å². The average Bonchev–Trinajstić information content (AvgIpc) is 3.13. The Balaban J connectivity index is 0.000000141. The molecule has 0 N–H and O–H groups in total. The van der Waals surface area contributed by atoms with Crippen molar-refractivity contribution in [1.29, 1.82) is 0 Å². The quantitative estimate of drug-likeness (QED) is 0.563. The molecule has 0 spiro atoms. The summed E-state index contributed by atoms with van der Waals surface area (Å²) >= 11 is 0. The van der Waals surface area contributed by atoms with E-state index < -0.39 is 0 Å². The second kappa shape index (κ2) is 6.90. The maximum Gasteiger partial charge on any atom is 0.137 e. The largest absolute Gasteiger partial charge is 0.494 e. The van der Waals surface area contributed by atoms with Gasteiger partial charge in [-0.15, -0.1) is 0 Å². The molecule has 132 valence electrons. The van der Waals surface area contributed by atoms with Crippen LogP contribution in [0, 0.1) is 35.5 Å². The first kappa shape index (κ1) is 17.5. The summed E-state index contributed by atoms with van der Waals surface area (Å²) in [4.78, 5) is 11.6. The standard InChI is InChI=1S/2C11H16O/c1-7-4-5-10-8(2)9(3)12-6-11(7)10;1-7-4-6-10(12)11-8(2)3-5-9(7)11/h7,10-11H,2-6H2,1H3;8-9,11H,1,3-6H2,2H3/t7-,10+,11+;8-,9+,11+/m00/s1. The lowest BCUT2D eigenvalue weighted by Crippen LogP contribution is -2.28. The first-order valence-electron chi connectivity index (χ1n) is 9.61. The molecule has 4 fully saturated rings. The van der Waals surface area contributed by atoms with Crippen LogP contribution in [0.2, 0.25) is 0 Å². The first-order valence-corrected chi connectivity index (χ1v) is 9.61. The Kier molecular flexibility index (Phi) is 5.03. The molecule has 0 aromatic rings. The van der Waals surface area contributed by atoms with Gasteiger partial charge in [0.2, 0.25) is 0 Å². The highest BCUT2D eigenvalue weighted by atomic mass is 16.5. The van der Waals surface area contributed by atoms with Crippen LogP contribution in [0.25, 0.3) is 0 Å². The fourth-order valence-corrected chi connectivity index (χ4v) is 5.31. The summed E-state index contributed by atoms with van der Waals surface area (Å²) in [6.45, 7) is 17.4. The summed E-state index contributed by atoms with van der Waals surface area (Å²) in [5.41, 5.74) is 2.49. The number of carbonyl (C=O) groups excluding carboxylic acids is 1. The maximum absolute atomic E-state index is 11.6. The Morgan fingerprint density at radius 3 is 2.29 bits per heavy atom. The van der Waals surface area contributed by atoms with Gasteiger partial charge in [-0.25, -0.2) is 0 Å². The van der Waals surface area contributed by atoms with Crippen molar-refractivity contribution in [2.45, 2.75) is 52.4 Å². The number of allylic oxidation sites excluding steroid dienone is 2. The van der Waals surface area contributed by atoms with E-state index in [1.807, 2.05) is 0 Å². The summed E-state index contributed by atoms with van der Waals surface area (Å²) in [5, 5.41) is 0. The lowest BCUT2D eigenvalue weighted by atomic mass is 9.75. The molecular weight excluding hydrogens is 296 g/mol. The Morgan fingerprint density at radius 1 is 0.917 bits per heavy atom. The third kappa shape index (κ3) is 3.12. The van der Waals surface area contributed by atoms with Crippen LogP contribution in [-0.4, -0.2) is 12.4 Å². The molecule has 0 unspecified atom stereocenters. The highest BCUT2D eigenvalue weighted by Gasteiger charge is 2.42. The van der Waals surface area contributed by atoms with E-state index in [1.54, 1.807) is 0 Å². The van der Waals surface area contributed by atoms with Crippen molar-refractivity contribution in [2.24, 2.45) is 35.5 Å². The minimum Gasteiger partial charge on any atom is -0.494 e. The predicted molar refractivity (Wildman–Crippen MR) is 98.4 cm³/mol. The monoisotopic (exact) mass is 328 g/mol. The van der Waals surface area contributed by atoms with Crippen LogP contribution in [0.15, 0.2) is 36.6 Å². The molecule has 0 radical (unpaired) electrons. The molecule has 2 nitrogen and oxygen atoms in total. The van der Waals surface area contributed by atoms with Crippen molar-refractivity contribution in [1.82, 2.24) is 0 Å². The number of Topliss-reactive ketones (excluding diaryl/α,β-unsaturated/α-hetero) is 1. The van der Waals surface area contributed by atoms with E-state index in [4.69, 9.17) is 4.74 Å². The number of fused-ring (bicyclic) bond motifs is 2. The van der Waals surface area contributed by atoms with Gasteiger partial charge in [-0.2, -0.15) is 0 Å². The van der Waals surface area contributed by atoms with Crippen LogP contribution in [0.4, 0.5) is 0 Å². The molecule has 0 aromatic carbocycles. The minimum absolute atomic E-state index is 0.339. The fraction of sp³-hybridized carbons (Fsp3) is 0.682. The van der Waals surface area contributed by atoms with E-state index in [1.165, 1.54) is 31.3 Å². The SMILES string of the molecule is C=C1CCC(=O)[C@H]2[C@@H]1CC[C@@H]2C.C=C1OC[C@H]2[C@H](CC[C@@H]2C)C1=C. The van der Waals surface area contributed by atoms with Gasteiger partial charge in [0.15, 0.2) is 0 Å². The summed E-state index contributed by atoms with van der Waals surface area (Å²) < 4.78 is 5.48. The molecule has 0 aromatic heterocycles. The Morgan fingerprint density at radius 2 is 1.58 bits per heavy atom. The second-order valence-electron chi connectivity index (χ2n) is 8.40. The lowest BCUT2D eigenvalue weighted by molar-refractivity contribution is -0.125. The maximum atomic E-state index is 11.6. The number of rotatable bonds is 0. The number of carbonyl (C=O) groups is 1. The average molecular weight is 328 g/mol. The van der Waals surface area contributed by atoms with Crippen molar-refractivity contribution in [3.63, 3.8) is 0 Å². The van der Waals surface area contributed by atoms with Crippen LogP contribution >= 0.6 is 0 Å². The molecule has 0 amide bonds. The number of ketones is 1. The van der Waals surface area contributed by atoms with Gasteiger partial charge in [-0.3, -0.25) is 4.79 Å². The molecule has 1 heterocycles. The summed E-state index contributed by atoms with van der Waals surface area (Å²) in [7, 11) is 0. The van der Waals surface area contributed by atoms with Crippen molar-refractivity contribution in [3.8, 4) is 0 Å². The smallest absolute Gasteiger partial charge is 0.137 e. The third-order valence-electron chi connectivity index (χ3n) is 7.00. The van der Waals surface area contributed by atoms with Crippen molar-refractivity contribution in [2.75, 3.05) is 6.61 Å². The van der Waals surface area contributed by atoms with Crippen LogP contribution in [0.3, 0.4) is 0 Å². The zero-order chi connectivity index (χ0) is 17.4. The highest BCUT2D eigenvalue weighted by Crippen LogP contribution is 2.46. The zero-order valence-corrected chi connectivity index (χ0v) is 15.4. The van der Waals surface area contributed by atoms with Crippen LogP contribution in [0.5, 0.6) is 0 Å². The van der Waals surface area contributed by atoms with E-state index in [0.29, 0.717) is 35.4 Å². The second-order valence-corrected chi connectivity index (χ2v) is 8.40. The van der Waals surface area contributed by atoms with E-state index in [0.717, 1.165) is 36.7 Å². The molecule has 2 heteroatoms. The highest BCUT2D eigenvalue weighted by molar-refractivity contribution is 5.83. The third-order valence-corrected chi connectivity index (χ3v) is 7.00. The van der Waals surface area contributed by atoms with Gasteiger partial charge in [0.1, 0.15) is 11.5 Å². The van der Waals surface area contributed by atoms with Crippen LogP contribution in [0.1, 0.15) is 52.4 Å². The predicted octanol–water partition coefficient (Wildman–Crippen LogP) is 5.32. The fourth-order valence-electron chi connectivity index (χ4n) is 5.31. The Bertz CT molecular complexity index is 558. The lowest BCUT2D eigenvalue weighted by Gasteiger charge is -2.31. The van der Waals surface area contributed by atoms with Gasteiger partial charge in [0.25, 0.3) is 0 Å². The number of hydrogen-bond donors (Lipinski definition) is 0. The molecule has 1 saturated heterocycles. The normalized spacial score (nSPS) is 41.2. The summed E-state index contributed by atoms with van der Waals surface area (Å²) in [5.74, 6) is 5.00. The summed E-state index contributed by atoms with van der Waals surface area (Å²) in [6, 6.07) is 0.